The van der Waals surface area contributed by atoms with Crippen molar-refractivity contribution in [2.75, 3.05) is 30.8 Å². The van der Waals surface area contributed by atoms with E-state index in [1.54, 1.807) is 4.52 Å². The Balaban J connectivity index is 2.00. The van der Waals surface area contributed by atoms with Crippen molar-refractivity contribution >= 4 is 17.3 Å². The minimum Gasteiger partial charge on any atom is -0.366 e. The van der Waals surface area contributed by atoms with Crippen molar-refractivity contribution in [3.63, 3.8) is 0 Å². The highest BCUT2D eigenvalue weighted by atomic mass is 15.3. The van der Waals surface area contributed by atoms with E-state index in [2.05, 4.69) is 34.3 Å². The van der Waals surface area contributed by atoms with E-state index < -0.39 is 0 Å². The summed E-state index contributed by atoms with van der Waals surface area (Å²) in [6.07, 6.45) is 3.08. The van der Waals surface area contributed by atoms with Crippen LogP contribution in [0.2, 0.25) is 0 Å². The first-order valence-corrected chi connectivity index (χ1v) is 6.71. The molecule has 3 rings (SSSR count). The molecule has 1 aliphatic rings. The molecule has 0 aromatic carbocycles. The van der Waals surface area contributed by atoms with E-state index in [0.717, 1.165) is 24.4 Å². The van der Waals surface area contributed by atoms with Crippen LogP contribution in [0.15, 0.2) is 18.3 Å². The Hall–Kier alpha value is -1.82. The van der Waals surface area contributed by atoms with Gasteiger partial charge in [-0.25, -0.2) is 4.52 Å². The molecule has 1 fully saturated rings. The molecule has 0 amide bonds. The van der Waals surface area contributed by atoms with Crippen LogP contribution in [-0.2, 0) is 0 Å². The standard InChI is InChI=1S/C13H20N6/c1-9-5-6-15-8-11(9)18(2)12-10-4-3-7-19(10)17-13(14)16-12/h3-4,7,9,11,15H,5-6,8H2,1-2H3,(H2,14,17)/t9-,11+/m1/s1. The molecule has 3 N–H and O–H groups in total. The van der Waals surface area contributed by atoms with Crippen molar-refractivity contribution in [2.24, 2.45) is 5.92 Å². The van der Waals surface area contributed by atoms with Gasteiger partial charge in [-0.15, -0.1) is 5.10 Å². The molecule has 0 spiro atoms. The number of aromatic nitrogens is 3. The lowest BCUT2D eigenvalue weighted by Gasteiger charge is -2.37. The third-order valence-electron chi connectivity index (χ3n) is 4.01. The molecule has 0 unspecified atom stereocenters. The van der Waals surface area contributed by atoms with E-state index in [-0.39, 0.29) is 0 Å². The van der Waals surface area contributed by atoms with Gasteiger partial charge in [-0.2, -0.15) is 4.98 Å². The van der Waals surface area contributed by atoms with Crippen LogP contribution in [0.25, 0.3) is 5.52 Å². The van der Waals surface area contributed by atoms with E-state index in [9.17, 15) is 0 Å². The van der Waals surface area contributed by atoms with Gasteiger partial charge in [0.1, 0.15) is 5.52 Å². The molecule has 1 aliphatic heterocycles. The summed E-state index contributed by atoms with van der Waals surface area (Å²) >= 11 is 0. The molecular weight excluding hydrogens is 240 g/mol. The molecule has 3 heterocycles. The molecule has 102 valence electrons. The van der Waals surface area contributed by atoms with Crippen LogP contribution in [0.3, 0.4) is 0 Å². The number of rotatable bonds is 2. The number of anilines is 2. The number of fused-ring (bicyclic) bond motifs is 1. The topological polar surface area (TPSA) is 71.5 Å². The smallest absolute Gasteiger partial charge is 0.240 e. The predicted octanol–water partition coefficient (Wildman–Crippen LogP) is 0.746. The monoisotopic (exact) mass is 260 g/mol. The van der Waals surface area contributed by atoms with Crippen LogP contribution < -0.4 is 16.0 Å². The van der Waals surface area contributed by atoms with Gasteiger partial charge < -0.3 is 16.0 Å². The van der Waals surface area contributed by atoms with Crippen molar-refractivity contribution in [1.82, 2.24) is 19.9 Å². The highest BCUT2D eigenvalue weighted by Crippen LogP contribution is 2.25. The second-order valence-electron chi connectivity index (χ2n) is 5.28. The first kappa shape index (κ1) is 12.2. The summed E-state index contributed by atoms with van der Waals surface area (Å²) < 4.78 is 1.79. The summed E-state index contributed by atoms with van der Waals surface area (Å²) in [5.41, 5.74) is 6.80. The SMILES string of the molecule is C[C@@H]1CCNC[C@@H]1N(C)c1nc(N)nn2cccc12. The quantitative estimate of drug-likeness (QED) is 0.833. The minimum atomic E-state index is 0.307. The lowest BCUT2D eigenvalue weighted by molar-refractivity contribution is 0.337. The van der Waals surface area contributed by atoms with Gasteiger partial charge in [0.2, 0.25) is 5.95 Å². The van der Waals surface area contributed by atoms with Crippen LogP contribution in [0.5, 0.6) is 0 Å². The van der Waals surface area contributed by atoms with Crippen LogP contribution >= 0.6 is 0 Å². The van der Waals surface area contributed by atoms with Crippen LogP contribution in [0, 0.1) is 5.92 Å². The summed E-state index contributed by atoms with van der Waals surface area (Å²) in [7, 11) is 2.09. The fourth-order valence-electron chi connectivity index (χ4n) is 2.84. The maximum absolute atomic E-state index is 5.80. The molecule has 2 aromatic rings. The molecule has 1 saturated heterocycles. The zero-order valence-electron chi connectivity index (χ0n) is 11.4. The van der Waals surface area contributed by atoms with Gasteiger partial charge in [0.05, 0.1) is 0 Å². The Kier molecular flexibility index (Phi) is 3.02. The second kappa shape index (κ2) is 4.70. The number of nitrogens with one attached hydrogen (secondary N) is 1. The third kappa shape index (κ3) is 2.12. The predicted molar refractivity (Wildman–Crippen MR) is 76.2 cm³/mol. The van der Waals surface area contributed by atoms with Crippen molar-refractivity contribution in [2.45, 2.75) is 19.4 Å². The van der Waals surface area contributed by atoms with Crippen molar-refractivity contribution < 1.29 is 0 Å². The van der Waals surface area contributed by atoms with Gasteiger partial charge in [0, 0.05) is 25.8 Å². The van der Waals surface area contributed by atoms with Gasteiger partial charge in [-0.3, -0.25) is 0 Å². The van der Waals surface area contributed by atoms with E-state index in [1.807, 2.05) is 18.3 Å². The Morgan fingerprint density at radius 1 is 1.53 bits per heavy atom. The Labute approximate surface area is 112 Å². The van der Waals surface area contributed by atoms with Crippen LogP contribution in [0.4, 0.5) is 11.8 Å². The number of hydrogen-bond acceptors (Lipinski definition) is 5. The zero-order chi connectivity index (χ0) is 13.4. The average Bonchev–Trinajstić information content (AvgIpc) is 2.85. The molecular formula is C13H20N6. The average molecular weight is 260 g/mol. The molecule has 6 nitrogen and oxygen atoms in total. The lowest BCUT2D eigenvalue weighted by atomic mass is 9.94. The largest absolute Gasteiger partial charge is 0.366 e. The first-order valence-electron chi connectivity index (χ1n) is 6.71. The maximum atomic E-state index is 5.80. The number of likely N-dealkylation sites (N-methyl/N-ethyl adjacent to an activating group) is 1. The number of piperidine rings is 1. The zero-order valence-corrected chi connectivity index (χ0v) is 11.4. The highest BCUT2D eigenvalue weighted by molar-refractivity contribution is 5.69. The van der Waals surface area contributed by atoms with Crippen LogP contribution in [-0.4, -0.2) is 40.8 Å². The Morgan fingerprint density at radius 2 is 2.37 bits per heavy atom. The second-order valence-corrected chi connectivity index (χ2v) is 5.28. The van der Waals surface area contributed by atoms with Gasteiger partial charge in [0.25, 0.3) is 0 Å². The molecule has 0 saturated carbocycles. The van der Waals surface area contributed by atoms with E-state index in [4.69, 9.17) is 5.73 Å². The molecule has 0 bridgehead atoms. The van der Waals surface area contributed by atoms with Gasteiger partial charge in [-0.05, 0) is 31.0 Å². The fraction of sp³-hybridized carbons (Fsp3) is 0.538. The molecule has 2 aromatic heterocycles. The summed E-state index contributed by atoms with van der Waals surface area (Å²) in [6.45, 7) is 4.37. The minimum absolute atomic E-state index is 0.307. The summed E-state index contributed by atoms with van der Waals surface area (Å²) in [5.74, 6) is 1.84. The number of nitrogen functional groups attached to an aromatic ring is 1. The number of nitrogens with zero attached hydrogens (tertiary/aromatic N) is 4. The molecule has 19 heavy (non-hydrogen) atoms. The Morgan fingerprint density at radius 3 is 3.16 bits per heavy atom. The highest BCUT2D eigenvalue weighted by Gasteiger charge is 2.27. The van der Waals surface area contributed by atoms with E-state index >= 15 is 0 Å². The third-order valence-corrected chi connectivity index (χ3v) is 4.01. The van der Waals surface area contributed by atoms with Crippen molar-refractivity contribution in [3.05, 3.63) is 18.3 Å². The molecule has 2 atom stereocenters. The molecule has 0 aliphatic carbocycles. The van der Waals surface area contributed by atoms with E-state index in [0.29, 0.717) is 17.9 Å². The van der Waals surface area contributed by atoms with Gasteiger partial charge in [-0.1, -0.05) is 6.92 Å². The number of hydrogen-bond donors (Lipinski definition) is 2. The summed E-state index contributed by atoms with van der Waals surface area (Å²) in [6, 6.07) is 4.41. The lowest BCUT2D eigenvalue weighted by Crippen LogP contribution is -2.49. The Bertz CT molecular complexity index is 578. The van der Waals surface area contributed by atoms with Gasteiger partial charge in [0.15, 0.2) is 5.82 Å². The van der Waals surface area contributed by atoms with Crippen LogP contribution in [0.1, 0.15) is 13.3 Å². The van der Waals surface area contributed by atoms with Gasteiger partial charge >= 0.3 is 0 Å². The summed E-state index contributed by atoms with van der Waals surface area (Å²) in [5, 5.41) is 7.63. The normalized spacial score (nSPS) is 23.7. The number of nitrogens with two attached hydrogens (primary N) is 1. The summed E-state index contributed by atoms with van der Waals surface area (Å²) in [4.78, 5) is 6.65. The molecule has 6 heteroatoms. The first-order chi connectivity index (χ1) is 9.16. The van der Waals surface area contributed by atoms with Crippen molar-refractivity contribution in [3.8, 4) is 0 Å². The maximum Gasteiger partial charge on any atom is 0.240 e. The molecule has 0 radical (unpaired) electrons. The van der Waals surface area contributed by atoms with E-state index in [1.165, 1.54) is 6.42 Å². The van der Waals surface area contributed by atoms with Crippen molar-refractivity contribution in [1.29, 1.82) is 0 Å². The fourth-order valence-corrected chi connectivity index (χ4v) is 2.84.